The Morgan fingerprint density at radius 2 is 1.81 bits per heavy atom. The summed E-state index contributed by atoms with van der Waals surface area (Å²) in [4.78, 5) is 24.2. The van der Waals surface area contributed by atoms with Gasteiger partial charge in [-0.25, -0.2) is 8.42 Å². The molecule has 0 aliphatic carbocycles. The molecule has 0 saturated heterocycles. The summed E-state index contributed by atoms with van der Waals surface area (Å²) in [5.74, 6) is -0.697. The molecule has 2 N–H and O–H groups in total. The fourth-order valence-electron chi connectivity index (χ4n) is 2.21. The van der Waals surface area contributed by atoms with E-state index in [4.69, 9.17) is 11.6 Å². The molecule has 2 amide bonds. The number of benzene rings is 2. The van der Waals surface area contributed by atoms with Crippen LogP contribution in [0.1, 0.15) is 22.3 Å². The first-order chi connectivity index (χ1) is 12.2. The van der Waals surface area contributed by atoms with Crippen LogP contribution >= 0.6 is 11.6 Å². The molecule has 0 saturated carbocycles. The fraction of sp³-hybridized carbons (Fsp3) is 0.222. The second-order valence-electron chi connectivity index (χ2n) is 5.78. The number of halogens is 1. The van der Waals surface area contributed by atoms with Gasteiger partial charge < -0.3 is 10.6 Å². The lowest BCUT2D eigenvalue weighted by Crippen LogP contribution is -2.28. The van der Waals surface area contributed by atoms with Gasteiger partial charge in [-0.2, -0.15) is 0 Å². The largest absolute Gasteiger partial charge is 0.351 e. The van der Waals surface area contributed by atoms with Crippen molar-refractivity contribution in [2.45, 2.75) is 18.2 Å². The van der Waals surface area contributed by atoms with Crippen LogP contribution in [-0.2, 0) is 14.6 Å². The van der Waals surface area contributed by atoms with Crippen molar-refractivity contribution in [1.82, 2.24) is 5.32 Å². The van der Waals surface area contributed by atoms with Crippen molar-refractivity contribution in [3.05, 3.63) is 58.6 Å². The summed E-state index contributed by atoms with van der Waals surface area (Å²) >= 11 is 5.95. The molecule has 6 nitrogen and oxygen atoms in total. The van der Waals surface area contributed by atoms with Crippen LogP contribution < -0.4 is 10.6 Å². The maximum absolute atomic E-state index is 12.1. The number of carbonyl (C=O) groups excluding carboxylic acids is 2. The van der Waals surface area contributed by atoms with Crippen LogP contribution in [0, 0.1) is 6.92 Å². The van der Waals surface area contributed by atoms with Crippen molar-refractivity contribution in [3.63, 3.8) is 0 Å². The van der Waals surface area contributed by atoms with E-state index in [2.05, 4.69) is 10.6 Å². The van der Waals surface area contributed by atoms with E-state index in [-0.39, 0.29) is 29.7 Å². The molecule has 0 spiro atoms. The number of hydrogen-bond donors (Lipinski definition) is 2. The molecule has 2 aromatic carbocycles. The number of nitrogens with one attached hydrogen (secondary N) is 2. The molecule has 0 aliphatic heterocycles. The number of amides is 2. The van der Waals surface area contributed by atoms with E-state index in [0.717, 1.165) is 11.8 Å². The van der Waals surface area contributed by atoms with Crippen molar-refractivity contribution >= 4 is 38.9 Å². The van der Waals surface area contributed by atoms with Gasteiger partial charge in [-0.05, 0) is 36.8 Å². The molecule has 0 bridgehead atoms. The standard InChI is InChI=1S/C18H19ClN2O4S/c1-12-7-8-13(26(2,24)25)11-16(12)21-17(22)9-10-20-18(23)14-5-3-4-6-15(14)19/h3-8,11H,9-10H2,1-2H3,(H,20,23)(H,21,22). The van der Waals surface area contributed by atoms with Crippen LogP contribution in [0.15, 0.2) is 47.4 Å². The quantitative estimate of drug-likeness (QED) is 0.787. The van der Waals surface area contributed by atoms with Gasteiger partial charge in [0.1, 0.15) is 0 Å². The smallest absolute Gasteiger partial charge is 0.252 e. The zero-order chi connectivity index (χ0) is 19.3. The second kappa shape index (κ2) is 8.33. The van der Waals surface area contributed by atoms with Gasteiger partial charge in [-0.1, -0.05) is 29.8 Å². The number of rotatable bonds is 6. The number of anilines is 1. The molecule has 138 valence electrons. The fourth-order valence-corrected chi connectivity index (χ4v) is 3.08. The normalized spacial score (nSPS) is 11.0. The highest BCUT2D eigenvalue weighted by Crippen LogP contribution is 2.20. The molecule has 0 atom stereocenters. The third-order valence-corrected chi connectivity index (χ3v) is 5.11. The molecule has 0 unspecified atom stereocenters. The Morgan fingerprint density at radius 1 is 1.12 bits per heavy atom. The van der Waals surface area contributed by atoms with Crippen molar-refractivity contribution in [1.29, 1.82) is 0 Å². The Hall–Kier alpha value is -2.38. The summed E-state index contributed by atoms with van der Waals surface area (Å²) in [6.07, 6.45) is 1.15. The van der Waals surface area contributed by atoms with Gasteiger partial charge >= 0.3 is 0 Å². The van der Waals surface area contributed by atoms with Crippen LogP contribution in [0.25, 0.3) is 0 Å². The van der Waals surface area contributed by atoms with Gasteiger partial charge in [0.15, 0.2) is 9.84 Å². The predicted molar refractivity (Wildman–Crippen MR) is 101 cm³/mol. The summed E-state index contributed by atoms with van der Waals surface area (Å²) in [5, 5.41) is 5.63. The van der Waals surface area contributed by atoms with Gasteiger partial charge in [0.2, 0.25) is 5.91 Å². The summed E-state index contributed by atoms with van der Waals surface area (Å²) < 4.78 is 23.2. The van der Waals surface area contributed by atoms with Crippen LogP contribution in [0.3, 0.4) is 0 Å². The van der Waals surface area contributed by atoms with Gasteiger partial charge in [-0.3, -0.25) is 9.59 Å². The first-order valence-electron chi connectivity index (χ1n) is 7.82. The molecule has 2 rings (SSSR count). The van der Waals surface area contributed by atoms with E-state index in [9.17, 15) is 18.0 Å². The van der Waals surface area contributed by atoms with Gasteiger partial charge in [0.05, 0.1) is 15.5 Å². The molecular weight excluding hydrogens is 376 g/mol. The maximum atomic E-state index is 12.1. The molecule has 0 heterocycles. The highest BCUT2D eigenvalue weighted by molar-refractivity contribution is 7.90. The Kier molecular flexibility index (Phi) is 6.39. The first-order valence-corrected chi connectivity index (χ1v) is 10.1. The molecule has 0 fully saturated rings. The number of aryl methyl sites for hydroxylation is 1. The average molecular weight is 395 g/mol. The number of hydrogen-bond acceptors (Lipinski definition) is 4. The van der Waals surface area contributed by atoms with E-state index in [1.165, 1.54) is 12.1 Å². The third kappa shape index (κ3) is 5.31. The number of carbonyl (C=O) groups is 2. The molecule has 0 aliphatic rings. The zero-order valence-electron chi connectivity index (χ0n) is 14.4. The molecule has 0 aromatic heterocycles. The SMILES string of the molecule is Cc1ccc(S(C)(=O)=O)cc1NC(=O)CCNC(=O)c1ccccc1Cl. The van der Waals surface area contributed by atoms with E-state index < -0.39 is 9.84 Å². The molecule has 26 heavy (non-hydrogen) atoms. The monoisotopic (exact) mass is 394 g/mol. The lowest BCUT2D eigenvalue weighted by atomic mass is 10.2. The lowest BCUT2D eigenvalue weighted by molar-refractivity contribution is -0.116. The lowest BCUT2D eigenvalue weighted by Gasteiger charge is -2.11. The molecular formula is C18H19ClN2O4S. The first kappa shape index (κ1) is 19.9. The van der Waals surface area contributed by atoms with Crippen molar-refractivity contribution in [2.24, 2.45) is 0 Å². The van der Waals surface area contributed by atoms with E-state index in [0.29, 0.717) is 16.3 Å². The minimum atomic E-state index is -3.36. The van der Waals surface area contributed by atoms with E-state index in [1.54, 1.807) is 37.3 Å². The topological polar surface area (TPSA) is 92.3 Å². The van der Waals surface area contributed by atoms with Crippen molar-refractivity contribution in [3.8, 4) is 0 Å². The minimum absolute atomic E-state index is 0.0404. The third-order valence-electron chi connectivity index (χ3n) is 3.67. The Morgan fingerprint density at radius 3 is 2.46 bits per heavy atom. The van der Waals surface area contributed by atoms with E-state index >= 15 is 0 Å². The van der Waals surface area contributed by atoms with Crippen LogP contribution in [0.4, 0.5) is 5.69 Å². The average Bonchev–Trinajstić information content (AvgIpc) is 2.56. The van der Waals surface area contributed by atoms with Crippen molar-refractivity contribution in [2.75, 3.05) is 18.1 Å². The Bertz CT molecular complexity index is 942. The highest BCUT2D eigenvalue weighted by atomic mass is 35.5. The summed E-state index contributed by atoms with van der Waals surface area (Å²) in [6.45, 7) is 1.89. The maximum Gasteiger partial charge on any atom is 0.252 e. The zero-order valence-corrected chi connectivity index (χ0v) is 15.9. The summed E-state index contributed by atoms with van der Waals surface area (Å²) in [5.41, 5.74) is 1.51. The molecule has 8 heteroatoms. The second-order valence-corrected chi connectivity index (χ2v) is 8.21. The van der Waals surface area contributed by atoms with Gasteiger partial charge in [0.25, 0.3) is 5.91 Å². The molecule has 2 aromatic rings. The Balaban J connectivity index is 1.93. The minimum Gasteiger partial charge on any atom is -0.351 e. The van der Waals surface area contributed by atoms with Crippen LogP contribution in [0.5, 0.6) is 0 Å². The summed E-state index contributed by atoms with van der Waals surface area (Å²) in [6, 6.07) is 11.2. The van der Waals surface area contributed by atoms with E-state index in [1.807, 2.05) is 0 Å². The molecule has 0 radical (unpaired) electrons. The van der Waals surface area contributed by atoms with Crippen LogP contribution in [-0.4, -0.2) is 33.0 Å². The van der Waals surface area contributed by atoms with Gasteiger partial charge in [-0.15, -0.1) is 0 Å². The van der Waals surface area contributed by atoms with Gasteiger partial charge in [0, 0.05) is 24.9 Å². The van der Waals surface area contributed by atoms with Crippen molar-refractivity contribution < 1.29 is 18.0 Å². The number of sulfone groups is 1. The highest BCUT2D eigenvalue weighted by Gasteiger charge is 2.13. The Labute approximate surface area is 157 Å². The predicted octanol–water partition coefficient (Wildman–Crippen LogP) is 2.81. The van der Waals surface area contributed by atoms with Crippen LogP contribution in [0.2, 0.25) is 5.02 Å². The summed E-state index contributed by atoms with van der Waals surface area (Å²) in [7, 11) is -3.36.